The van der Waals surface area contributed by atoms with E-state index in [0.29, 0.717) is 24.6 Å². The molecule has 0 heterocycles. The van der Waals surface area contributed by atoms with E-state index < -0.39 is 0 Å². The van der Waals surface area contributed by atoms with E-state index in [9.17, 15) is 4.79 Å². The Morgan fingerprint density at radius 3 is 2.06 bits per heavy atom. The molecule has 0 spiro atoms. The molecule has 0 aliphatic heterocycles. The van der Waals surface area contributed by atoms with E-state index in [-0.39, 0.29) is 5.91 Å². The fourth-order valence-electron chi connectivity index (χ4n) is 1.75. The first-order valence-electron chi connectivity index (χ1n) is 6.21. The van der Waals surface area contributed by atoms with Crippen molar-refractivity contribution >= 4 is 5.91 Å². The van der Waals surface area contributed by atoms with Crippen LogP contribution < -0.4 is 0 Å². The van der Waals surface area contributed by atoms with Crippen molar-refractivity contribution in [3.05, 3.63) is 60.7 Å². The highest BCUT2D eigenvalue weighted by atomic mass is 16.2. The first-order valence-corrected chi connectivity index (χ1v) is 6.21. The number of hydrogen-bond acceptors (Lipinski definition) is 1. The quantitative estimate of drug-likeness (QED) is 0.699. The van der Waals surface area contributed by atoms with Gasteiger partial charge in [0.05, 0.1) is 0 Å². The molecular formula is C16H21NO. The molecule has 2 heteroatoms. The van der Waals surface area contributed by atoms with Crippen LogP contribution in [0.4, 0.5) is 0 Å². The van der Waals surface area contributed by atoms with Gasteiger partial charge in [-0.1, -0.05) is 38.1 Å². The smallest absolute Gasteiger partial charge is 0.254 e. The number of rotatable bonds is 6. The Morgan fingerprint density at radius 1 is 1.17 bits per heavy atom. The van der Waals surface area contributed by atoms with Crippen molar-refractivity contribution in [3.8, 4) is 0 Å². The molecule has 0 radical (unpaired) electrons. The molecule has 1 aromatic rings. The molecular weight excluding hydrogens is 222 g/mol. The predicted octanol–water partition coefficient (Wildman–Crippen LogP) is 3.62. The van der Waals surface area contributed by atoms with Gasteiger partial charge in [0.2, 0.25) is 0 Å². The minimum Gasteiger partial charge on any atom is -0.331 e. The molecule has 0 N–H and O–H groups in total. The standard InChI is InChI=1S/C16H21NO/c1-5-11-17(12-6-2)16(18)15-9-7-14(8-10-15)13(3)4/h5-10,13H,1-2,11-12H2,3-4H3. The van der Waals surface area contributed by atoms with Crippen molar-refractivity contribution in [2.24, 2.45) is 0 Å². The lowest BCUT2D eigenvalue weighted by Crippen LogP contribution is -2.31. The Hall–Kier alpha value is -1.83. The number of benzene rings is 1. The minimum absolute atomic E-state index is 0.0186. The third-order valence-electron chi connectivity index (χ3n) is 2.81. The first kappa shape index (κ1) is 14.2. The molecule has 1 rings (SSSR count). The predicted molar refractivity (Wildman–Crippen MR) is 76.8 cm³/mol. The van der Waals surface area contributed by atoms with Gasteiger partial charge in [-0.3, -0.25) is 4.79 Å². The van der Waals surface area contributed by atoms with Crippen molar-refractivity contribution in [1.82, 2.24) is 4.90 Å². The zero-order valence-corrected chi connectivity index (χ0v) is 11.2. The van der Waals surface area contributed by atoms with Gasteiger partial charge in [0, 0.05) is 18.7 Å². The first-order chi connectivity index (χ1) is 8.60. The number of nitrogens with zero attached hydrogens (tertiary/aromatic N) is 1. The van der Waals surface area contributed by atoms with Crippen molar-refractivity contribution < 1.29 is 4.79 Å². The molecule has 0 bridgehead atoms. The van der Waals surface area contributed by atoms with Crippen molar-refractivity contribution in [2.45, 2.75) is 19.8 Å². The van der Waals surface area contributed by atoms with E-state index in [2.05, 4.69) is 27.0 Å². The van der Waals surface area contributed by atoms with E-state index in [1.165, 1.54) is 5.56 Å². The molecule has 0 aromatic heterocycles. The normalized spacial score (nSPS) is 10.2. The molecule has 0 unspecified atom stereocenters. The second-order valence-electron chi connectivity index (χ2n) is 4.56. The Balaban J connectivity index is 2.87. The highest BCUT2D eigenvalue weighted by molar-refractivity contribution is 5.94. The van der Waals surface area contributed by atoms with Crippen LogP contribution in [0.5, 0.6) is 0 Å². The molecule has 2 nitrogen and oxygen atoms in total. The number of carbonyl (C=O) groups is 1. The molecule has 18 heavy (non-hydrogen) atoms. The van der Waals surface area contributed by atoms with Crippen LogP contribution in [-0.2, 0) is 0 Å². The van der Waals surface area contributed by atoms with Gasteiger partial charge in [-0.2, -0.15) is 0 Å². The topological polar surface area (TPSA) is 20.3 Å². The Morgan fingerprint density at radius 2 is 1.67 bits per heavy atom. The lowest BCUT2D eigenvalue weighted by atomic mass is 10.0. The molecule has 1 aromatic carbocycles. The van der Waals surface area contributed by atoms with Crippen LogP contribution in [0.25, 0.3) is 0 Å². The maximum absolute atomic E-state index is 12.2. The number of amides is 1. The Kier molecular flexibility index (Phi) is 5.37. The van der Waals surface area contributed by atoms with Gasteiger partial charge in [0.15, 0.2) is 0 Å². The van der Waals surface area contributed by atoms with Crippen molar-refractivity contribution in [2.75, 3.05) is 13.1 Å². The number of carbonyl (C=O) groups excluding carboxylic acids is 1. The Labute approximate surface area is 110 Å². The SMILES string of the molecule is C=CCN(CC=C)C(=O)c1ccc(C(C)C)cc1. The zero-order chi connectivity index (χ0) is 13.5. The summed E-state index contributed by atoms with van der Waals surface area (Å²) in [6, 6.07) is 7.80. The Bertz CT molecular complexity index is 407. The van der Waals surface area contributed by atoms with Gasteiger partial charge < -0.3 is 4.90 Å². The van der Waals surface area contributed by atoms with Crippen molar-refractivity contribution in [1.29, 1.82) is 0 Å². The second-order valence-corrected chi connectivity index (χ2v) is 4.56. The van der Waals surface area contributed by atoms with Crippen LogP contribution in [0.1, 0.15) is 35.7 Å². The monoisotopic (exact) mass is 243 g/mol. The van der Waals surface area contributed by atoms with Gasteiger partial charge in [-0.15, -0.1) is 13.2 Å². The van der Waals surface area contributed by atoms with E-state index in [1.54, 1.807) is 17.1 Å². The van der Waals surface area contributed by atoms with Crippen LogP contribution in [0, 0.1) is 0 Å². The summed E-state index contributed by atoms with van der Waals surface area (Å²) in [5.41, 5.74) is 1.95. The summed E-state index contributed by atoms with van der Waals surface area (Å²) in [6.07, 6.45) is 3.45. The fourth-order valence-corrected chi connectivity index (χ4v) is 1.75. The van der Waals surface area contributed by atoms with Crippen LogP contribution >= 0.6 is 0 Å². The molecule has 0 aliphatic rings. The van der Waals surface area contributed by atoms with Crippen LogP contribution in [0.2, 0.25) is 0 Å². The van der Waals surface area contributed by atoms with Gasteiger partial charge >= 0.3 is 0 Å². The number of hydrogen-bond donors (Lipinski definition) is 0. The minimum atomic E-state index is 0.0186. The summed E-state index contributed by atoms with van der Waals surface area (Å²) >= 11 is 0. The van der Waals surface area contributed by atoms with Gasteiger partial charge in [0.25, 0.3) is 5.91 Å². The molecule has 96 valence electrons. The van der Waals surface area contributed by atoms with Gasteiger partial charge in [0.1, 0.15) is 0 Å². The summed E-state index contributed by atoms with van der Waals surface area (Å²) in [4.78, 5) is 13.9. The molecule has 0 fully saturated rings. The average Bonchev–Trinajstić information content (AvgIpc) is 2.38. The van der Waals surface area contributed by atoms with E-state index in [4.69, 9.17) is 0 Å². The molecule has 0 atom stereocenters. The molecule has 0 saturated carbocycles. The summed E-state index contributed by atoms with van der Waals surface area (Å²) in [7, 11) is 0. The van der Waals surface area contributed by atoms with Gasteiger partial charge in [-0.05, 0) is 23.6 Å². The van der Waals surface area contributed by atoms with Crippen LogP contribution in [0.3, 0.4) is 0 Å². The maximum atomic E-state index is 12.2. The van der Waals surface area contributed by atoms with Crippen LogP contribution in [0.15, 0.2) is 49.6 Å². The van der Waals surface area contributed by atoms with E-state index in [0.717, 1.165) is 0 Å². The summed E-state index contributed by atoms with van der Waals surface area (Å²) in [6.45, 7) is 12.7. The lowest BCUT2D eigenvalue weighted by Gasteiger charge is -2.19. The highest BCUT2D eigenvalue weighted by Gasteiger charge is 2.13. The van der Waals surface area contributed by atoms with E-state index >= 15 is 0 Å². The lowest BCUT2D eigenvalue weighted by molar-refractivity contribution is 0.0791. The third-order valence-corrected chi connectivity index (χ3v) is 2.81. The van der Waals surface area contributed by atoms with Crippen LogP contribution in [-0.4, -0.2) is 23.9 Å². The molecule has 0 saturated heterocycles. The van der Waals surface area contributed by atoms with Crippen molar-refractivity contribution in [3.63, 3.8) is 0 Å². The average molecular weight is 243 g/mol. The fraction of sp³-hybridized carbons (Fsp3) is 0.312. The third kappa shape index (κ3) is 3.59. The zero-order valence-electron chi connectivity index (χ0n) is 11.2. The largest absolute Gasteiger partial charge is 0.331 e. The molecule has 0 aliphatic carbocycles. The van der Waals surface area contributed by atoms with E-state index in [1.807, 2.05) is 24.3 Å². The second kappa shape index (κ2) is 6.80. The van der Waals surface area contributed by atoms with Gasteiger partial charge in [-0.25, -0.2) is 0 Å². The summed E-state index contributed by atoms with van der Waals surface area (Å²) < 4.78 is 0. The summed E-state index contributed by atoms with van der Waals surface area (Å²) in [5, 5.41) is 0. The molecule has 1 amide bonds. The maximum Gasteiger partial charge on any atom is 0.254 e. The summed E-state index contributed by atoms with van der Waals surface area (Å²) in [5.74, 6) is 0.497. The highest BCUT2D eigenvalue weighted by Crippen LogP contribution is 2.15.